The number of hydrogen-bond acceptors (Lipinski definition) is 3. The number of fused-ring (bicyclic) bond motifs is 1. The monoisotopic (exact) mass is 387 g/mol. The molecule has 0 spiro atoms. The minimum atomic E-state index is -0.135. The molecule has 1 amide bonds. The Kier molecular flexibility index (Phi) is 5.30. The predicted molar refractivity (Wildman–Crippen MR) is 115 cm³/mol. The summed E-state index contributed by atoms with van der Waals surface area (Å²) in [6.07, 6.45) is 2.54. The second kappa shape index (κ2) is 8.03. The van der Waals surface area contributed by atoms with Crippen LogP contribution in [-0.2, 0) is 17.6 Å². The van der Waals surface area contributed by atoms with Crippen LogP contribution in [-0.4, -0.2) is 15.9 Å². The number of amides is 1. The van der Waals surface area contributed by atoms with E-state index in [0.29, 0.717) is 37.1 Å². The molecule has 5 nitrogen and oxygen atoms in total. The Labute approximate surface area is 170 Å². The standard InChI is InChI=1S/C24H25N3O2/c1-15-8-12-20(16(2)14-15)26-23(28)18-9-11-19-21(13-10-18)25-22(27-24(19)29)17-6-4-3-5-7-17/h3-8,12,14,18H,9-11,13H2,1-2H3,(H,26,28)(H,25,27,29). The second-order valence-electron chi connectivity index (χ2n) is 7.79. The summed E-state index contributed by atoms with van der Waals surface area (Å²) < 4.78 is 0. The van der Waals surface area contributed by atoms with Gasteiger partial charge in [-0.2, -0.15) is 0 Å². The zero-order valence-corrected chi connectivity index (χ0v) is 16.8. The summed E-state index contributed by atoms with van der Waals surface area (Å²) in [7, 11) is 0. The SMILES string of the molecule is Cc1ccc(NC(=O)C2CCc3nc(-c4ccccc4)[nH]c(=O)c3CC2)c(C)c1. The summed E-state index contributed by atoms with van der Waals surface area (Å²) in [5, 5.41) is 3.07. The molecular formula is C24H25N3O2. The van der Waals surface area contributed by atoms with Crippen molar-refractivity contribution in [2.75, 3.05) is 5.32 Å². The average molecular weight is 387 g/mol. The van der Waals surface area contributed by atoms with Gasteiger partial charge in [-0.3, -0.25) is 9.59 Å². The number of H-pyrrole nitrogens is 1. The summed E-state index contributed by atoms with van der Waals surface area (Å²) >= 11 is 0. The van der Waals surface area contributed by atoms with Crippen LogP contribution in [0.1, 0.15) is 35.2 Å². The van der Waals surface area contributed by atoms with Gasteiger partial charge < -0.3 is 10.3 Å². The van der Waals surface area contributed by atoms with Crippen LogP contribution in [0.3, 0.4) is 0 Å². The van der Waals surface area contributed by atoms with Gasteiger partial charge >= 0.3 is 0 Å². The molecule has 1 atom stereocenters. The molecule has 1 aliphatic rings. The number of aryl methyl sites for hydroxylation is 3. The average Bonchev–Trinajstić information content (AvgIpc) is 2.94. The van der Waals surface area contributed by atoms with Crippen LogP contribution < -0.4 is 10.9 Å². The number of hydrogen-bond donors (Lipinski definition) is 2. The van der Waals surface area contributed by atoms with Crippen molar-refractivity contribution in [3.05, 3.63) is 81.3 Å². The van der Waals surface area contributed by atoms with Crippen molar-refractivity contribution in [3.63, 3.8) is 0 Å². The largest absolute Gasteiger partial charge is 0.326 e. The Morgan fingerprint density at radius 2 is 1.83 bits per heavy atom. The van der Waals surface area contributed by atoms with Gasteiger partial charge in [0.25, 0.3) is 5.56 Å². The first-order valence-electron chi connectivity index (χ1n) is 10.1. The van der Waals surface area contributed by atoms with Crippen molar-refractivity contribution in [1.82, 2.24) is 9.97 Å². The van der Waals surface area contributed by atoms with Gasteiger partial charge in [0.1, 0.15) is 5.82 Å². The van der Waals surface area contributed by atoms with Crippen molar-refractivity contribution in [3.8, 4) is 11.4 Å². The highest BCUT2D eigenvalue weighted by molar-refractivity contribution is 5.93. The quantitative estimate of drug-likeness (QED) is 0.662. The second-order valence-corrected chi connectivity index (χ2v) is 7.79. The molecule has 1 heterocycles. The Morgan fingerprint density at radius 3 is 2.59 bits per heavy atom. The van der Waals surface area contributed by atoms with Crippen molar-refractivity contribution in [2.45, 2.75) is 39.5 Å². The van der Waals surface area contributed by atoms with Crippen LogP contribution >= 0.6 is 0 Å². The maximum absolute atomic E-state index is 12.9. The molecule has 3 aromatic rings. The van der Waals surface area contributed by atoms with Crippen LogP contribution in [0.5, 0.6) is 0 Å². The summed E-state index contributed by atoms with van der Waals surface area (Å²) in [5.74, 6) is 0.474. The molecule has 0 saturated heterocycles. The lowest BCUT2D eigenvalue weighted by molar-refractivity contribution is -0.120. The van der Waals surface area contributed by atoms with Gasteiger partial charge in [0, 0.05) is 22.7 Å². The van der Waals surface area contributed by atoms with Crippen molar-refractivity contribution < 1.29 is 4.79 Å². The van der Waals surface area contributed by atoms with Crippen LogP contribution in [0, 0.1) is 19.8 Å². The molecule has 5 heteroatoms. The number of nitrogens with one attached hydrogen (secondary N) is 2. The van der Waals surface area contributed by atoms with E-state index in [0.717, 1.165) is 22.5 Å². The molecule has 0 fully saturated rings. The van der Waals surface area contributed by atoms with Gasteiger partial charge in [-0.1, -0.05) is 48.0 Å². The van der Waals surface area contributed by atoms with Gasteiger partial charge in [-0.05, 0) is 51.2 Å². The lowest BCUT2D eigenvalue weighted by Gasteiger charge is -2.15. The van der Waals surface area contributed by atoms with E-state index in [-0.39, 0.29) is 17.4 Å². The normalized spacial score (nSPS) is 16.0. The molecule has 2 N–H and O–H groups in total. The molecule has 148 valence electrons. The Bertz CT molecular complexity index is 1100. The number of anilines is 1. The molecule has 0 aliphatic heterocycles. The zero-order chi connectivity index (χ0) is 20.4. The fourth-order valence-electron chi connectivity index (χ4n) is 3.97. The smallest absolute Gasteiger partial charge is 0.254 e. The van der Waals surface area contributed by atoms with E-state index in [1.54, 1.807) is 0 Å². The third-order valence-corrected chi connectivity index (χ3v) is 5.63. The van der Waals surface area contributed by atoms with Crippen LogP contribution in [0.25, 0.3) is 11.4 Å². The molecule has 29 heavy (non-hydrogen) atoms. The van der Waals surface area contributed by atoms with Crippen molar-refractivity contribution in [2.24, 2.45) is 5.92 Å². The van der Waals surface area contributed by atoms with E-state index in [1.165, 1.54) is 5.56 Å². The zero-order valence-electron chi connectivity index (χ0n) is 16.8. The van der Waals surface area contributed by atoms with E-state index >= 15 is 0 Å². The van der Waals surface area contributed by atoms with E-state index < -0.39 is 0 Å². The van der Waals surface area contributed by atoms with Crippen LogP contribution in [0.4, 0.5) is 5.69 Å². The molecule has 0 radical (unpaired) electrons. The molecule has 0 bridgehead atoms. The van der Waals surface area contributed by atoms with E-state index in [2.05, 4.69) is 16.4 Å². The lowest BCUT2D eigenvalue weighted by Crippen LogP contribution is -2.23. The molecule has 0 saturated carbocycles. The first-order valence-corrected chi connectivity index (χ1v) is 10.1. The van der Waals surface area contributed by atoms with E-state index in [1.807, 2.05) is 56.3 Å². The lowest BCUT2D eigenvalue weighted by atomic mass is 9.98. The van der Waals surface area contributed by atoms with Crippen molar-refractivity contribution in [1.29, 1.82) is 0 Å². The van der Waals surface area contributed by atoms with Crippen LogP contribution in [0.15, 0.2) is 53.3 Å². The number of benzene rings is 2. The fourth-order valence-corrected chi connectivity index (χ4v) is 3.97. The van der Waals surface area contributed by atoms with E-state index in [4.69, 9.17) is 4.98 Å². The molecule has 1 unspecified atom stereocenters. The van der Waals surface area contributed by atoms with E-state index in [9.17, 15) is 9.59 Å². The minimum absolute atomic E-state index is 0.0180. The highest BCUT2D eigenvalue weighted by Crippen LogP contribution is 2.25. The number of carbonyl (C=O) groups is 1. The van der Waals surface area contributed by atoms with Gasteiger partial charge in [0.05, 0.1) is 5.69 Å². The summed E-state index contributed by atoms with van der Waals surface area (Å²) in [5.41, 5.74) is 5.40. The maximum atomic E-state index is 12.9. The topological polar surface area (TPSA) is 74.8 Å². The van der Waals surface area contributed by atoms with Gasteiger partial charge in [-0.15, -0.1) is 0 Å². The fraction of sp³-hybridized carbons (Fsp3) is 0.292. The summed E-state index contributed by atoms with van der Waals surface area (Å²) in [4.78, 5) is 33.2. The first-order chi connectivity index (χ1) is 14.0. The van der Waals surface area contributed by atoms with Gasteiger partial charge in [-0.25, -0.2) is 4.98 Å². The number of nitrogens with zero attached hydrogens (tertiary/aromatic N) is 1. The summed E-state index contributed by atoms with van der Waals surface area (Å²) in [6.45, 7) is 4.04. The van der Waals surface area contributed by atoms with Crippen molar-refractivity contribution >= 4 is 11.6 Å². The molecule has 1 aromatic heterocycles. The third kappa shape index (κ3) is 4.14. The molecule has 1 aliphatic carbocycles. The predicted octanol–water partition coefficient (Wildman–Crippen LogP) is 4.19. The highest BCUT2D eigenvalue weighted by Gasteiger charge is 2.25. The molecule has 2 aromatic carbocycles. The Balaban J connectivity index is 1.52. The van der Waals surface area contributed by atoms with Gasteiger partial charge in [0.2, 0.25) is 5.91 Å². The maximum Gasteiger partial charge on any atom is 0.254 e. The Morgan fingerprint density at radius 1 is 1.07 bits per heavy atom. The number of aromatic amines is 1. The van der Waals surface area contributed by atoms with Gasteiger partial charge in [0.15, 0.2) is 0 Å². The molecule has 4 rings (SSSR count). The number of rotatable bonds is 3. The highest BCUT2D eigenvalue weighted by atomic mass is 16.2. The molecular weight excluding hydrogens is 362 g/mol. The summed E-state index contributed by atoms with van der Waals surface area (Å²) in [6, 6.07) is 15.7. The Hall–Kier alpha value is -3.21. The first kappa shape index (κ1) is 19.1. The van der Waals surface area contributed by atoms with Crippen LogP contribution in [0.2, 0.25) is 0 Å². The third-order valence-electron chi connectivity index (χ3n) is 5.63. The number of aromatic nitrogens is 2. The number of carbonyl (C=O) groups excluding carboxylic acids is 1. The minimum Gasteiger partial charge on any atom is -0.326 e.